The van der Waals surface area contributed by atoms with Crippen molar-refractivity contribution in [1.29, 1.82) is 0 Å². The minimum Gasteiger partial charge on any atom is -0.476 e. The normalized spacial score (nSPS) is 10.9. The van der Waals surface area contributed by atoms with Gasteiger partial charge in [-0.15, -0.1) is 0 Å². The van der Waals surface area contributed by atoms with Crippen molar-refractivity contribution in [2.24, 2.45) is 5.92 Å². The largest absolute Gasteiger partial charge is 0.476 e. The van der Waals surface area contributed by atoms with Gasteiger partial charge in [0.05, 0.1) is 12.2 Å². The molecule has 0 bridgehead atoms. The smallest absolute Gasteiger partial charge is 0.259 e. The van der Waals surface area contributed by atoms with Gasteiger partial charge in [0.1, 0.15) is 11.3 Å². The summed E-state index contributed by atoms with van der Waals surface area (Å²) in [6.07, 6.45) is 2.36. The fourth-order valence-electron chi connectivity index (χ4n) is 2.06. The van der Waals surface area contributed by atoms with Gasteiger partial charge in [-0.1, -0.05) is 54.9 Å². The molecule has 6 nitrogen and oxygen atoms in total. The van der Waals surface area contributed by atoms with E-state index in [1.54, 1.807) is 36.5 Å². The van der Waals surface area contributed by atoms with Crippen LogP contribution in [0.4, 0.5) is 0 Å². The molecular weight excluding hydrogens is 342 g/mol. The van der Waals surface area contributed by atoms with E-state index in [0.717, 1.165) is 11.8 Å². The number of hydrogen-bond acceptors (Lipinski definition) is 6. The predicted molar refractivity (Wildman–Crippen MR) is 93.7 cm³/mol. The first-order valence-corrected chi connectivity index (χ1v) is 8.12. The molecule has 1 aromatic carbocycles. The molecule has 128 valence electrons. The summed E-state index contributed by atoms with van der Waals surface area (Å²) in [6, 6.07) is 8.57. The Morgan fingerprint density at radius 2 is 2.00 bits per heavy atom. The summed E-state index contributed by atoms with van der Waals surface area (Å²) in [6.45, 7) is 4.63. The van der Waals surface area contributed by atoms with Gasteiger partial charge in [-0.3, -0.25) is 4.79 Å². The minimum atomic E-state index is 0.305. The van der Waals surface area contributed by atoms with Crippen molar-refractivity contribution in [3.8, 4) is 28.7 Å². The van der Waals surface area contributed by atoms with E-state index < -0.39 is 0 Å². The van der Waals surface area contributed by atoms with Crippen LogP contribution in [-0.4, -0.2) is 28.0 Å². The number of ether oxygens (including phenoxy) is 1. The van der Waals surface area contributed by atoms with Gasteiger partial charge in [0.2, 0.25) is 11.7 Å². The van der Waals surface area contributed by atoms with Gasteiger partial charge in [-0.25, -0.2) is 4.98 Å². The zero-order valence-electron chi connectivity index (χ0n) is 13.8. The predicted octanol–water partition coefficient (Wildman–Crippen LogP) is 4.30. The molecule has 25 heavy (non-hydrogen) atoms. The Kier molecular flexibility index (Phi) is 5.09. The van der Waals surface area contributed by atoms with Crippen LogP contribution >= 0.6 is 11.6 Å². The lowest BCUT2D eigenvalue weighted by Gasteiger charge is -2.09. The molecule has 0 N–H and O–H groups in total. The first-order chi connectivity index (χ1) is 12.1. The highest BCUT2D eigenvalue weighted by Crippen LogP contribution is 2.28. The highest BCUT2D eigenvalue weighted by molar-refractivity contribution is 6.32. The van der Waals surface area contributed by atoms with Crippen LogP contribution in [0.25, 0.3) is 22.8 Å². The van der Waals surface area contributed by atoms with Crippen LogP contribution in [0.2, 0.25) is 5.02 Å². The second-order valence-electron chi connectivity index (χ2n) is 5.88. The Bertz CT molecular complexity index is 876. The molecule has 0 aliphatic heterocycles. The van der Waals surface area contributed by atoms with E-state index in [9.17, 15) is 4.79 Å². The molecule has 7 heteroatoms. The monoisotopic (exact) mass is 357 g/mol. The molecule has 0 aliphatic rings. The van der Waals surface area contributed by atoms with E-state index in [4.69, 9.17) is 20.9 Å². The molecule has 3 rings (SSSR count). The quantitative estimate of drug-likeness (QED) is 0.612. The topological polar surface area (TPSA) is 78.1 Å². The van der Waals surface area contributed by atoms with Crippen molar-refractivity contribution < 1.29 is 14.1 Å². The second-order valence-corrected chi connectivity index (χ2v) is 6.29. The Morgan fingerprint density at radius 3 is 2.64 bits per heavy atom. The summed E-state index contributed by atoms with van der Waals surface area (Å²) in [5.41, 5.74) is 1.93. The molecule has 2 heterocycles. The van der Waals surface area contributed by atoms with Crippen molar-refractivity contribution in [3.63, 3.8) is 0 Å². The van der Waals surface area contributed by atoms with Crippen LogP contribution < -0.4 is 4.74 Å². The van der Waals surface area contributed by atoms with Crippen LogP contribution in [0.1, 0.15) is 24.2 Å². The van der Waals surface area contributed by atoms with Gasteiger partial charge in [0.25, 0.3) is 5.89 Å². The molecule has 2 aromatic heterocycles. The van der Waals surface area contributed by atoms with E-state index in [0.29, 0.717) is 46.3 Å². The second kappa shape index (κ2) is 7.44. The van der Waals surface area contributed by atoms with Crippen LogP contribution in [0.3, 0.4) is 0 Å². The molecular formula is C18H16ClN3O3. The maximum absolute atomic E-state index is 10.7. The first kappa shape index (κ1) is 17.1. The summed E-state index contributed by atoms with van der Waals surface area (Å²) < 4.78 is 10.8. The average molecular weight is 358 g/mol. The number of pyridine rings is 1. The van der Waals surface area contributed by atoms with E-state index in [1.807, 2.05) is 13.8 Å². The SMILES string of the molecule is CC(C)COc1ncc(-c2nc(-c3ccc(C=O)cc3)no2)cc1Cl. The molecule has 0 saturated heterocycles. The number of carbonyl (C=O) groups excluding carboxylic acids is 1. The maximum atomic E-state index is 10.7. The first-order valence-electron chi connectivity index (χ1n) is 7.75. The lowest BCUT2D eigenvalue weighted by molar-refractivity contribution is 0.112. The van der Waals surface area contributed by atoms with Gasteiger partial charge < -0.3 is 9.26 Å². The van der Waals surface area contributed by atoms with Gasteiger partial charge in [-0.2, -0.15) is 4.98 Å². The van der Waals surface area contributed by atoms with Crippen molar-refractivity contribution in [1.82, 2.24) is 15.1 Å². The molecule has 0 fully saturated rings. The molecule has 0 spiro atoms. The van der Waals surface area contributed by atoms with Crippen molar-refractivity contribution in [2.75, 3.05) is 6.61 Å². The fraction of sp³-hybridized carbons (Fsp3) is 0.222. The standard InChI is InChI=1S/C18H16ClN3O3/c1-11(2)10-24-18-15(19)7-14(8-20-18)17-21-16(22-25-17)13-5-3-12(9-23)4-6-13/h3-9,11H,10H2,1-2H3. The number of aldehydes is 1. The number of rotatable bonds is 6. The number of halogens is 1. The summed E-state index contributed by atoms with van der Waals surface area (Å²) >= 11 is 6.21. The fourth-order valence-corrected chi connectivity index (χ4v) is 2.28. The lowest BCUT2D eigenvalue weighted by atomic mass is 10.1. The molecule has 0 saturated carbocycles. The third-order valence-corrected chi connectivity index (χ3v) is 3.61. The zero-order chi connectivity index (χ0) is 17.8. The highest BCUT2D eigenvalue weighted by atomic mass is 35.5. The Hall–Kier alpha value is -2.73. The number of carbonyl (C=O) groups is 1. The molecule has 0 atom stereocenters. The Morgan fingerprint density at radius 1 is 1.24 bits per heavy atom. The molecule has 0 amide bonds. The molecule has 0 radical (unpaired) electrons. The average Bonchev–Trinajstić information content (AvgIpc) is 3.10. The van der Waals surface area contributed by atoms with Crippen LogP contribution in [0.5, 0.6) is 5.88 Å². The number of aromatic nitrogens is 3. The van der Waals surface area contributed by atoms with Crippen molar-refractivity contribution >= 4 is 17.9 Å². The van der Waals surface area contributed by atoms with Crippen LogP contribution in [-0.2, 0) is 0 Å². The van der Waals surface area contributed by atoms with E-state index in [1.165, 1.54) is 0 Å². The van der Waals surface area contributed by atoms with Gasteiger partial charge >= 0.3 is 0 Å². The summed E-state index contributed by atoms with van der Waals surface area (Å²) in [5, 5.41) is 4.34. The number of benzene rings is 1. The summed E-state index contributed by atoms with van der Waals surface area (Å²) in [5.74, 6) is 1.48. The maximum Gasteiger partial charge on any atom is 0.259 e. The number of nitrogens with zero attached hydrogens (tertiary/aromatic N) is 3. The third-order valence-electron chi connectivity index (χ3n) is 3.34. The number of hydrogen-bond donors (Lipinski definition) is 0. The lowest BCUT2D eigenvalue weighted by Crippen LogP contribution is -2.06. The molecule has 3 aromatic rings. The third kappa shape index (κ3) is 4.03. The molecule has 0 aliphatic carbocycles. The van der Waals surface area contributed by atoms with Crippen molar-refractivity contribution in [3.05, 3.63) is 47.1 Å². The Labute approximate surface area is 149 Å². The van der Waals surface area contributed by atoms with Gasteiger partial charge in [-0.05, 0) is 12.0 Å². The summed E-state index contributed by atoms with van der Waals surface area (Å²) in [7, 11) is 0. The van der Waals surface area contributed by atoms with Crippen LogP contribution in [0.15, 0.2) is 41.1 Å². The van der Waals surface area contributed by atoms with Crippen LogP contribution in [0, 0.1) is 5.92 Å². The van der Waals surface area contributed by atoms with E-state index in [2.05, 4.69) is 15.1 Å². The summed E-state index contributed by atoms with van der Waals surface area (Å²) in [4.78, 5) is 19.3. The van der Waals surface area contributed by atoms with E-state index in [-0.39, 0.29) is 0 Å². The van der Waals surface area contributed by atoms with E-state index >= 15 is 0 Å². The minimum absolute atomic E-state index is 0.305. The van der Waals surface area contributed by atoms with Gasteiger partial charge in [0, 0.05) is 17.3 Å². The van der Waals surface area contributed by atoms with Crippen molar-refractivity contribution in [2.45, 2.75) is 13.8 Å². The van der Waals surface area contributed by atoms with Gasteiger partial charge in [0.15, 0.2) is 0 Å². The highest BCUT2D eigenvalue weighted by Gasteiger charge is 2.14. The Balaban J connectivity index is 1.81. The zero-order valence-corrected chi connectivity index (χ0v) is 14.5. The molecule has 0 unspecified atom stereocenters.